The molecule has 0 bridgehead atoms. The van der Waals surface area contributed by atoms with E-state index in [9.17, 15) is 18.4 Å². The highest BCUT2D eigenvalue weighted by Gasteiger charge is 2.32. The van der Waals surface area contributed by atoms with E-state index in [0.717, 1.165) is 18.2 Å². The van der Waals surface area contributed by atoms with Crippen LogP contribution in [0.15, 0.2) is 48.7 Å². The number of halogens is 3. The first-order chi connectivity index (χ1) is 17.2. The number of benzene rings is 2. The van der Waals surface area contributed by atoms with Crippen molar-refractivity contribution < 1.29 is 23.1 Å². The molecule has 0 saturated carbocycles. The van der Waals surface area contributed by atoms with Gasteiger partial charge in [0.25, 0.3) is 0 Å². The van der Waals surface area contributed by atoms with Crippen molar-refractivity contribution >= 4 is 40.1 Å². The van der Waals surface area contributed by atoms with Gasteiger partial charge in [-0.05, 0) is 73.5 Å². The lowest BCUT2D eigenvalue weighted by Gasteiger charge is -2.28. The minimum absolute atomic E-state index is 0.0120. The highest BCUT2D eigenvalue weighted by molar-refractivity contribution is 6.31. The molecule has 36 heavy (non-hydrogen) atoms. The Bertz CT molecular complexity index is 1220. The number of hydrogen-bond donors (Lipinski definition) is 2. The van der Waals surface area contributed by atoms with Gasteiger partial charge in [-0.3, -0.25) is 10.1 Å². The van der Waals surface area contributed by atoms with Crippen LogP contribution in [0.25, 0.3) is 10.8 Å². The number of pyridine rings is 1. The summed E-state index contributed by atoms with van der Waals surface area (Å²) >= 11 is 6.03. The van der Waals surface area contributed by atoms with Gasteiger partial charge >= 0.3 is 6.09 Å². The van der Waals surface area contributed by atoms with Gasteiger partial charge in [-0.25, -0.2) is 18.6 Å². The monoisotopic (exact) mass is 517 g/mol. The zero-order chi connectivity index (χ0) is 26.1. The van der Waals surface area contributed by atoms with Crippen LogP contribution in [0, 0.1) is 17.0 Å². The van der Waals surface area contributed by atoms with E-state index in [-0.39, 0.29) is 35.5 Å². The maximum atomic E-state index is 13.7. The molecule has 0 fully saturated rings. The number of aryl methyl sites for hydroxylation is 1. The predicted octanol–water partition coefficient (Wildman–Crippen LogP) is 6.44. The van der Waals surface area contributed by atoms with Gasteiger partial charge in [0.05, 0.1) is 11.6 Å². The fourth-order valence-electron chi connectivity index (χ4n) is 4.04. The van der Waals surface area contributed by atoms with Crippen LogP contribution in [0.4, 0.5) is 19.4 Å². The number of ketones is 1. The van der Waals surface area contributed by atoms with Gasteiger partial charge in [0.15, 0.2) is 0 Å². The van der Waals surface area contributed by atoms with Crippen LogP contribution in [0.5, 0.6) is 0 Å². The molecule has 1 unspecified atom stereocenters. The van der Waals surface area contributed by atoms with Crippen LogP contribution >= 0.6 is 11.6 Å². The summed E-state index contributed by atoms with van der Waals surface area (Å²) in [6.45, 7) is 2.38. The molecule has 1 heterocycles. The summed E-state index contributed by atoms with van der Waals surface area (Å²) in [5, 5.41) is 3.89. The Kier molecular flexibility index (Phi) is 9.73. The van der Waals surface area contributed by atoms with Crippen molar-refractivity contribution in [1.29, 1.82) is 0 Å². The Morgan fingerprint density at radius 1 is 1.11 bits per heavy atom. The Labute approximate surface area is 214 Å². The van der Waals surface area contributed by atoms with Crippen molar-refractivity contribution in [2.45, 2.75) is 45.4 Å². The number of nitrogens with zero attached hydrogens (tertiary/aromatic N) is 1. The van der Waals surface area contributed by atoms with E-state index in [0.29, 0.717) is 36.8 Å². The lowest BCUT2D eigenvalue weighted by Crippen LogP contribution is -2.31. The molecule has 6 nitrogen and oxygen atoms in total. The van der Waals surface area contributed by atoms with Gasteiger partial charge in [-0.1, -0.05) is 37.1 Å². The highest BCUT2D eigenvalue weighted by Crippen LogP contribution is 2.32. The molecule has 9 heteroatoms. The summed E-state index contributed by atoms with van der Waals surface area (Å²) in [5.74, 6) is -0.688. The van der Waals surface area contributed by atoms with E-state index in [2.05, 4.69) is 10.3 Å². The topological polar surface area (TPSA) is 94.3 Å². The Balaban J connectivity index is 1.57. The number of carbonyl (C=O) groups is 2. The van der Waals surface area contributed by atoms with E-state index in [1.807, 2.05) is 6.92 Å². The van der Waals surface area contributed by atoms with E-state index in [1.54, 1.807) is 24.3 Å². The molecule has 1 aromatic heterocycles. The fourth-order valence-corrected chi connectivity index (χ4v) is 4.27. The van der Waals surface area contributed by atoms with E-state index in [4.69, 9.17) is 22.1 Å². The van der Waals surface area contributed by atoms with Gasteiger partial charge < -0.3 is 10.5 Å². The quantitative estimate of drug-likeness (QED) is 0.269. The number of aromatic nitrogens is 1. The van der Waals surface area contributed by atoms with Gasteiger partial charge in [0.1, 0.15) is 23.2 Å². The maximum absolute atomic E-state index is 13.7. The van der Waals surface area contributed by atoms with Crippen molar-refractivity contribution in [3.63, 3.8) is 0 Å². The third-order valence-corrected chi connectivity index (χ3v) is 6.73. The Hall–Kier alpha value is -3.10. The first kappa shape index (κ1) is 27.5. The first-order valence-electron chi connectivity index (χ1n) is 11.9. The number of nitrogens with two attached hydrogens (primary N) is 1. The summed E-state index contributed by atoms with van der Waals surface area (Å²) in [6.07, 6.45) is 3.74. The van der Waals surface area contributed by atoms with Gasteiger partial charge in [0, 0.05) is 23.4 Å². The average Bonchev–Trinajstić information content (AvgIpc) is 2.84. The predicted molar refractivity (Wildman–Crippen MR) is 137 cm³/mol. The van der Waals surface area contributed by atoms with Crippen molar-refractivity contribution in [2.24, 2.45) is 11.1 Å². The number of ether oxygens (including phenoxy) is 1. The SMILES string of the molecule is CC(CCCCN)(CCOC(=O)Nc1cc2cc(F)ccc2cn1)C(=O)CCc1cccc(F)c1Cl. The van der Waals surface area contributed by atoms with E-state index >= 15 is 0 Å². The average molecular weight is 518 g/mol. The molecule has 1 amide bonds. The van der Waals surface area contributed by atoms with E-state index in [1.165, 1.54) is 24.4 Å². The minimum atomic E-state index is -0.742. The minimum Gasteiger partial charge on any atom is -0.449 e. The second kappa shape index (κ2) is 12.7. The number of Topliss-reactive ketones (excluding diaryl/α,β-unsaturated/α-hetero) is 1. The van der Waals surface area contributed by atoms with Crippen LogP contribution in [0.3, 0.4) is 0 Å². The molecule has 0 aliphatic heterocycles. The summed E-state index contributed by atoms with van der Waals surface area (Å²) in [7, 11) is 0. The molecule has 0 saturated heterocycles. The smallest absolute Gasteiger partial charge is 0.412 e. The standard InChI is InChI=1S/C27H30ClF2N3O3/c1-27(11-2-3-13-31,23(34)10-8-18-5-4-6-22(30)25(18)28)12-14-36-26(35)33-24-16-20-15-21(29)9-7-19(20)17-32-24/h4-7,9,15-17H,2-3,8,10-14,31H2,1H3,(H,32,33,35). The summed E-state index contributed by atoms with van der Waals surface area (Å²) in [5.41, 5.74) is 5.45. The molecule has 3 rings (SSSR count). The van der Waals surface area contributed by atoms with Crippen LogP contribution in [-0.2, 0) is 16.0 Å². The zero-order valence-corrected chi connectivity index (χ0v) is 20.9. The molecule has 3 N–H and O–H groups in total. The highest BCUT2D eigenvalue weighted by atomic mass is 35.5. The van der Waals surface area contributed by atoms with Crippen molar-refractivity contribution in [3.05, 3.63) is 70.9 Å². The van der Waals surface area contributed by atoms with Crippen molar-refractivity contribution in [1.82, 2.24) is 4.98 Å². The third kappa shape index (κ3) is 7.45. The maximum Gasteiger partial charge on any atom is 0.412 e. The van der Waals surface area contributed by atoms with Gasteiger partial charge in [0.2, 0.25) is 0 Å². The molecule has 0 spiro atoms. The molecular formula is C27H30ClF2N3O3. The zero-order valence-electron chi connectivity index (χ0n) is 20.2. The van der Waals surface area contributed by atoms with Gasteiger partial charge in [-0.15, -0.1) is 0 Å². The molecule has 0 aliphatic rings. The summed E-state index contributed by atoms with van der Waals surface area (Å²) in [4.78, 5) is 29.6. The number of anilines is 1. The van der Waals surface area contributed by atoms with Crippen molar-refractivity contribution in [3.8, 4) is 0 Å². The first-order valence-corrected chi connectivity index (χ1v) is 12.2. The van der Waals surface area contributed by atoms with Gasteiger partial charge in [-0.2, -0.15) is 0 Å². The third-order valence-electron chi connectivity index (χ3n) is 6.31. The van der Waals surface area contributed by atoms with Crippen LogP contribution < -0.4 is 11.1 Å². The summed E-state index contributed by atoms with van der Waals surface area (Å²) in [6, 6.07) is 10.4. The molecule has 0 radical (unpaired) electrons. The number of carbonyl (C=O) groups excluding carboxylic acids is 2. The summed E-state index contributed by atoms with van der Waals surface area (Å²) < 4.78 is 32.5. The molecule has 0 aliphatic carbocycles. The Morgan fingerprint density at radius 3 is 2.69 bits per heavy atom. The second-order valence-corrected chi connectivity index (χ2v) is 9.39. The molecule has 2 aromatic carbocycles. The largest absolute Gasteiger partial charge is 0.449 e. The number of nitrogens with one attached hydrogen (secondary N) is 1. The molecular weight excluding hydrogens is 488 g/mol. The van der Waals surface area contributed by atoms with E-state index < -0.39 is 17.3 Å². The van der Waals surface area contributed by atoms with Crippen LogP contribution in [-0.4, -0.2) is 30.0 Å². The normalized spacial score (nSPS) is 12.8. The fraction of sp³-hybridized carbons (Fsp3) is 0.370. The number of unbranched alkanes of at least 4 members (excludes halogenated alkanes) is 1. The second-order valence-electron chi connectivity index (χ2n) is 9.01. The number of fused-ring (bicyclic) bond motifs is 1. The lowest BCUT2D eigenvalue weighted by atomic mass is 9.76. The lowest BCUT2D eigenvalue weighted by molar-refractivity contribution is -0.129. The van der Waals surface area contributed by atoms with Crippen molar-refractivity contribution in [2.75, 3.05) is 18.5 Å². The molecule has 192 valence electrons. The number of hydrogen-bond acceptors (Lipinski definition) is 5. The van der Waals surface area contributed by atoms with Crippen LogP contribution in [0.2, 0.25) is 5.02 Å². The molecule has 3 aromatic rings. The number of amides is 1. The number of rotatable bonds is 12. The van der Waals surface area contributed by atoms with Crippen LogP contribution in [0.1, 0.15) is 44.6 Å². The molecule has 1 atom stereocenters. The Morgan fingerprint density at radius 2 is 1.92 bits per heavy atom.